The quantitative estimate of drug-likeness (QED) is 0.526. The Morgan fingerprint density at radius 2 is 1.72 bits per heavy atom. The number of ether oxygens (including phenoxy) is 1. The number of aromatic nitrogens is 2. The lowest BCUT2D eigenvalue weighted by atomic mass is 10.2. The molecule has 0 saturated heterocycles. The second-order valence-electron chi connectivity index (χ2n) is 4.96. The first kappa shape index (κ1) is 16.1. The summed E-state index contributed by atoms with van der Waals surface area (Å²) in [6, 6.07) is 10.1. The Morgan fingerprint density at radius 3 is 2.44 bits per heavy atom. The third-order valence-electron chi connectivity index (χ3n) is 3.49. The Bertz CT molecular complexity index is 997. The van der Waals surface area contributed by atoms with Crippen molar-refractivity contribution < 1.29 is 19.4 Å². The number of carbonyl (C=O) groups is 1. The molecule has 0 radical (unpaired) electrons. The molecule has 126 valence electrons. The molecule has 0 aliphatic rings. The summed E-state index contributed by atoms with van der Waals surface area (Å²) in [5.41, 5.74) is 0.0947. The zero-order valence-corrected chi connectivity index (χ0v) is 12.6. The fraction of sp³-hybridized carbons (Fsp3) is 0.0667. The van der Waals surface area contributed by atoms with E-state index < -0.39 is 15.9 Å². The maximum atomic E-state index is 12.2. The average Bonchev–Trinajstić information content (AvgIpc) is 3.03. The summed E-state index contributed by atoms with van der Waals surface area (Å²) in [4.78, 5) is 36.9. The molecule has 0 bridgehead atoms. The summed E-state index contributed by atoms with van der Waals surface area (Å²) in [6.45, 7) is -0.315. The first-order chi connectivity index (χ1) is 12.0. The highest BCUT2D eigenvalue weighted by atomic mass is 16.6. The molecule has 0 aliphatic heterocycles. The summed E-state index contributed by atoms with van der Waals surface area (Å²) in [7, 11) is 0. The molecule has 0 aliphatic carbocycles. The van der Waals surface area contributed by atoms with Gasteiger partial charge in [-0.05, 0) is 12.1 Å². The Hall–Kier alpha value is -3.82. The number of carbonyl (C=O) groups excluding carboxylic acids is 1. The molecule has 0 amide bonds. The Balaban J connectivity index is 1.86. The lowest BCUT2D eigenvalue weighted by Gasteiger charge is -2.06. The molecular formula is C15H10N4O6. The van der Waals surface area contributed by atoms with Crippen LogP contribution >= 0.6 is 0 Å². The number of hydrogen-bond acceptors (Lipinski definition) is 7. The molecule has 0 atom stereocenters. The minimum Gasteiger partial charge on any atom is -0.444 e. The molecule has 25 heavy (non-hydrogen) atoms. The predicted molar refractivity (Wildman–Crippen MR) is 85.1 cm³/mol. The average molecular weight is 342 g/mol. The van der Waals surface area contributed by atoms with Gasteiger partial charge < -0.3 is 4.74 Å². The highest BCUT2D eigenvalue weighted by Crippen LogP contribution is 2.24. The van der Waals surface area contributed by atoms with Crippen LogP contribution in [0, 0.1) is 20.2 Å². The van der Waals surface area contributed by atoms with Crippen LogP contribution in [-0.2, 0) is 11.3 Å². The molecule has 0 N–H and O–H groups in total. The van der Waals surface area contributed by atoms with Crippen LogP contribution in [0.4, 0.5) is 16.2 Å². The summed E-state index contributed by atoms with van der Waals surface area (Å²) in [6.07, 6.45) is 0.264. The minimum atomic E-state index is -0.846. The molecule has 10 heteroatoms. The van der Waals surface area contributed by atoms with Crippen molar-refractivity contribution in [3.63, 3.8) is 0 Å². The molecular weight excluding hydrogens is 332 g/mol. The van der Waals surface area contributed by atoms with E-state index in [9.17, 15) is 25.0 Å². The van der Waals surface area contributed by atoms with Gasteiger partial charge in [-0.2, -0.15) is 0 Å². The minimum absolute atomic E-state index is 0.0511. The van der Waals surface area contributed by atoms with E-state index in [-0.39, 0.29) is 34.6 Å². The number of nitrogens with zero attached hydrogens (tertiary/aromatic N) is 4. The van der Waals surface area contributed by atoms with Crippen LogP contribution in [0.2, 0.25) is 0 Å². The largest absolute Gasteiger partial charge is 0.444 e. The van der Waals surface area contributed by atoms with Crippen LogP contribution in [0.15, 0.2) is 48.8 Å². The zero-order chi connectivity index (χ0) is 18.0. The van der Waals surface area contributed by atoms with Gasteiger partial charge in [-0.15, -0.1) is 0 Å². The van der Waals surface area contributed by atoms with Gasteiger partial charge in [0.25, 0.3) is 11.4 Å². The van der Waals surface area contributed by atoms with E-state index in [1.54, 1.807) is 6.07 Å². The number of hydrogen-bond donors (Lipinski definition) is 0. The van der Waals surface area contributed by atoms with Crippen molar-refractivity contribution in [3.05, 3.63) is 74.6 Å². The van der Waals surface area contributed by atoms with Gasteiger partial charge in [0.1, 0.15) is 12.9 Å². The topological polar surface area (TPSA) is 130 Å². The van der Waals surface area contributed by atoms with Crippen molar-refractivity contribution in [2.75, 3.05) is 0 Å². The fourth-order valence-electron chi connectivity index (χ4n) is 2.34. The monoisotopic (exact) mass is 342 g/mol. The van der Waals surface area contributed by atoms with Crippen LogP contribution in [0.3, 0.4) is 0 Å². The Labute approximate surface area is 139 Å². The molecule has 0 fully saturated rings. The van der Waals surface area contributed by atoms with Crippen LogP contribution in [0.5, 0.6) is 0 Å². The Kier molecular flexibility index (Phi) is 4.08. The number of nitro benzene ring substituents is 2. The van der Waals surface area contributed by atoms with E-state index in [0.29, 0.717) is 0 Å². The fourth-order valence-corrected chi connectivity index (χ4v) is 2.34. The van der Waals surface area contributed by atoms with Gasteiger partial charge in [0.05, 0.1) is 20.9 Å². The van der Waals surface area contributed by atoms with Crippen molar-refractivity contribution in [2.24, 2.45) is 0 Å². The molecule has 0 saturated carbocycles. The van der Waals surface area contributed by atoms with Gasteiger partial charge in [0.15, 0.2) is 5.52 Å². The summed E-state index contributed by atoms with van der Waals surface area (Å²) < 4.78 is 6.09. The van der Waals surface area contributed by atoms with E-state index in [1.165, 1.54) is 36.4 Å². The molecule has 1 aromatic heterocycles. The maximum Gasteiger partial charge on any atom is 0.420 e. The van der Waals surface area contributed by atoms with Crippen molar-refractivity contribution in [1.29, 1.82) is 0 Å². The number of para-hydroxylation sites is 2. The maximum absolute atomic E-state index is 12.2. The van der Waals surface area contributed by atoms with Gasteiger partial charge in [-0.3, -0.25) is 20.2 Å². The summed E-state index contributed by atoms with van der Waals surface area (Å²) in [5.74, 6) is 0. The Morgan fingerprint density at radius 1 is 1.04 bits per heavy atom. The lowest BCUT2D eigenvalue weighted by molar-refractivity contribution is -0.385. The normalized spacial score (nSPS) is 10.6. The van der Waals surface area contributed by atoms with E-state index >= 15 is 0 Å². The van der Waals surface area contributed by atoms with Gasteiger partial charge in [0, 0.05) is 12.1 Å². The number of imidazole rings is 1. The van der Waals surface area contributed by atoms with Crippen molar-refractivity contribution in [2.45, 2.75) is 6.61 Å². The first-order valence-corrected chi connectivity index (χ1v) is 6.99. The number of nitro groups is 2. The molecule has 0 unspecified atom stereocenters. The third kappa shape index (κ3) is 3.00. The first-order valence-electron chi connectivity index (χ1n) is 6.99. The second kappa shape index (κ2) is 6.35. The molecule has 2 aromatic carbocycles. The van der Waals surface area contributed by atoms with Gasteiger partial charge in [0.2, 0.25) is 0 Å². The highest BCUT2D eigenvalue weighted by molar-refractivity contribution is 5.91. The molecule has 3 aromatic rings. The number of rotatable bonds is 4. The van der Waals surface area contributed by atoms with Crippen molar-refractivity contribution in [1.82, 2.24) is 9.55 Å². The van der Waals surface area contributed by atoms with Crippen LogP contribution in [-0.4, -0.2) is 25.5 Å². The van der Waals surface area contributed by atoms with Crippen molar-refractivity contribution in [3.8, 4) is 0 Å². The van der Waals surface area contributed by atoms with E-state index in [0.717, 1.165) is 10.9 Å². The van der Waals surface area contributed by atoms with E-state index in [4.69, 9.17) is 4.74 Å². The van der Waals surface area contributed by atoms with Gasteiger partial charge >= 0.3 is 6.09 Å². The third-order valence-corrected chi connectivity index (χ3v) is 3.49. The molecule has 1 heterocycles. The predicted octanol–water partition coefficient (Wildman–Crippen LogP) is 3.04. The SMILES string of the molecule is O=C(OCc1ccccc1[N+](=O)[O-])n1cnc2c([N+](=O)[O-])cccc21. The van der Waals surface area contributed by atoms with Crippen molar-refractivity contribution >= 4 is 28.5 Å². The second-order valence-corrected chi connectivity index (χ2v) is 4.96. The number of benzene rings is 2. The highest BCUT2D eigenvalue weighted by Gasteiger charge is 2.20. The van der Waals surface area contributed by atoms with Gasteiger partial charge in [-0.25, -0.2) is 14.3 Å². The zero-order valence-electron chi connectivity index (χ0n) is 12.6. The smallest absolute Gasteiger partial charge is 0.420 e. The van der Waals surface area contributed by atoms with Crippen LogP contribution < -0.4 is 0 Å². The van der Waals surface area contributed by atoms with Gasteiger partial charge in [-0.1, -0.05) is 18.2 Å². The lowest BCUT2D eigenvalue weighted by Crippen LogP contribution is -2.13. The van der Waals surface area contributed by atoms with Crippen LogP contribution in [0.1, 0.15) is 5.56 Å². The molecule has 10 nitrogen and oxygen atoms in total. The number of non-ortho nitro benzene ring substituents is 1. The van der Waals surface area contributed by atoms with E-state index in [1.807, 2.05) is 0 Å². The molecule has 3 rings (SSSR count). The summed E-state index contributed by atoms with van der Waals surface area (Å²) >= 11 is 0. The summed E-state index contributed by atoms with van der Waals surface area (Å²) in [5, 5.41) is 21.9. The van der Waals surface area contributed by atoms with E-state index in [2.05, 4.69) is 4.98 Å². The molecule has 0 spiro atoms. The number of fused-ring (bicyclic) bond motifs is 1. The standard InChI is InChI=1S/C15H10N4O6/c20-15(25-8-10-4-1-2-5-11(10)18(21)22)17-9-16-14-12(17)6-3-7-13(14)19(23)24/h1-7,9H,8H2. The van der Waals surface area contributed by atoms with Crippen LogP contribution in [0.25, 0.3) is 11.0 Å².